The van der Waals surface area contributed by atoms with Gasteiger partial charge in [0.2, 0.25) is 11.8 Å². The molecular weight excluding hydrogens is 623 g/mol. The number of fused-ring (bicyclic) bond motifs is 9. The number of nitrogens with one attached hydrogen (secondary N) is 1. The number of carbonyl (C=O) groups is 2. The minimum Gasteiger partial charge on any atom is -0.489 e. The van der Waals surface area contributed by atoms with Crippen LogP contribution in [-0.4, -0.2) is 22.0 Å². The fraction of sp³-hybridized carbons (Fsp3) is 0.303. The lowest BCUT2D eigenvalue weighted by Gasteiger charge is -2.43. The van der Waals surface area contributed by atoms with Crippen molar-refractivity contribution in [2.45, 2.75) is 36.1 Å². The molecule has 2 aliphatic heterocycles. The van der Waals surface area contributed by atoms with Crippen LogP contribution in [-0.2, 0) is 16.2 Å². The van der Waals surface area contributed by atoms with Crippen LogP contribution in [0, 0.1) is 36.5 Å². The van der Waals surface area contributed by atoms with E-state index in [2.05, 4.69) is 4.98 Å². The van der Waals surface area contributed by atoms with Crippen molar-refractivity contribution in [3.05, 3.63) is 108 Å². The zero-order valence-corrected chi connectivity index (χ0v) is 26.1. The van der Waals surface area contributed by atoms with Crippen LogP contribution in [0.5, 0.6) is 5.75 Å². The second-order valence-corrected chi connectivity index (χ2v) is 15.0. The van der Waals surface area contributed by atoms with Gasteiger partial charge in [0.1, 0.15) is 12.4 Å². The van der Waals surface area contributed by atoms with Crippen LogP contribution < -0.4 is 14.5 Å². The molecule has 3 heterocycles. The molecule has 1 N–H and O–H groups in total. The van der Waals surface area contributed by atoms with Gasteiger partial charge in [-0.05, 0) is 79.1 Å². The number of imide groups is 1. The number of carbonyl (C=O) groups excluding carboxylic acids is 2. The number of amides is 2. The van der Waals surface area contributed by atoms with Crippen LogP contribution in [0.25, 0.3) is 0 Å². The van der Waals surface area contributed by atoms with Gasteiger partial charge in [-0.3, -0.25) is 19.3 Å². The number of rotatable bonds is 5. The lowest BCUT2D eigenvalue weighted by molar-refractivity contribution is -0.123. The average molecular weight is 650 g/mol. The number of aromatic amines is 1. The first-order chi connectivity index (χ1) is 20.8. The topological polar surface area (TPSA) is 79.5 Å². The molecular formula is C33H26Cl2N2O4S2. The fourth-order valence-electron chi connectivity index (χ4n) is 7.95. The number of aryl methyl sites for hydroxylation is 1. The molecule has 1 saturated heterocycles. The third-order valence-corrected chi connectivity index (χ3v) is 12.7. The van der Waals surface area contributed by atoms with Gasteiger partial charge in [-0.1, -0.05) is 64.4 Å². The summed E-state index contributed by atoms with van der Waals surface area (Å²) in [5.74, 6) is -0.355. The third kappa shape index (κ3) is 4.32. The number of hydrogen-bond donors (Lipinski definition) is 1. The summed E-state index contributed by atoms with van der Waals surface area (Å²) in [5.41, 5.74) is 3.59. The van der Waals surface area contributed by atoms with Crippen LogP contribution in [0.3, 0.4) is 0 Å². The number of aromatic nitrogens is 1. The normalized spacial score (nSPS) is 28.6. The number of halogens is 2. The molecule has 4 aliphatic rings. The lowest BCUT2D eigenvalue weighted by atomic mass is 9.68. The molecule has 0 spiro atoms. The summed E-state index contributed by atoms with van der Waals surface area (Å²) in [6, 6.07) is 20.8. The Bertz CT molecular complexity index is 1840. The van der Waals surface area contributed by atoms with Gasteiger partial charge in [-0.25, -0.2) is 0 Å². The highest BCUT2D eigenvalue weighted by atomic mass is 35.5. The monoisotopic (exact) mass is 648 g/mol. The zero-order chi connectivity index (χ0) is 29.6. The van der Waals surface area contributed by atoms with Crippen LogP contribution in [0.1, 0.15) is 33.9 Å². The molecule has 5 unspecified atom stereocenters. The molecule has 10 heteroatoms. The number of hydrogen-bond acceptors (Lipinski definition) is 6. The Morgan fingerprint density at radius 1 is 0.907 bits per heavy atom. The highest BCUT2D eigenvalue weighted by Gasteiger charge is 2.69. The second kappa shape index (κ2) is 10.3. The van der Waals surface area contributed by atoms with Gasteiger partial charge in [-0.2, -0.15) is 0 Å². The molecule has 8 rings (SSSR count). The molecule has 7 atom stereocenters. The fourth-order valence-corrected chi connectivity index (χ4v) is 11.1. The minimum absolute atomic E-state index is 0.00199. The largest absolute Gasteiger partial charge is 0.489 e. The maximum absolute atomic E-state index is 14.0. The predicted octanol–water partition coefficient (Wildman–Crippen LogP) is 7.31. The van der Waals surface area contributed by atoms with E-state index in [-0.39, 0.29) is 57.4 Å². The summed E-state index contributed by atoms with van der Waals surface area (Å²) in [6.07, 6.45) is 0.814. The Morgan fingerprint density at radius 2 is 1.60 bits per heavy atom. The van der Waals surface area contributed by atoms with Crippen LogP contribution >= 0.6 is 46.3 Å². The van der Waals surface area contributed by atoms with Gasteiger partial charge in [0.15, 0.2) is 0 Å². The van der Waals surface area contributed by atoms with Crippen LogP contribution in [0.15, 0.2) is 76.6 Å². The predicted molar refractivity (Wildman–Crippen MR) is 169 cm³/mol. The number of thiazole rings is 1. The second-order valence-electron chi connectivity index (χ2n) is 11.9. The summed E-state index contributed by atoms with van der Waals surface area (Å²) in [4.78, 5) is 45.9. The number of nitrogens with zero attached hydrogens (tertiary/aromatic N) is 1. The molecule has 2 bridgehead atoms. The van der Waals surface area contributed by atoms with Gasteiger partial charge < -0.3 is 9.72 Å². The van der Waals surface area contributed by atoms with Gasteiger partial charge in [0, 0.05) is 31.7 Å². The first-order valence-electron chi connectivity index (χ1n) is 14.3. The summed E-state index contributed by atoms with van der Waals surface area (Å²) < 4.78 is 6.41. The Labute approximate surface area is 266 Å². The molecule has 0 radical (unpaired) electrons. The Balaban J connectivity index is 1.20. The minimum atomic E-state index is -0.377. The van der Waals surface area contributed by atoms with Crippen LogP contribution in [0.2, 0.25) is 10.0 Å². The molecule has 1 aromatic heterocycles. The molecule has 43 heavy (non-hydrogen) atoms. The van der Waals surface area contributed by atoms with E-state index in [0.29, 0.717) is 28.1 Å². The van der Waals surface area contributed by atoms with Crippen molar-refractivity contribution in [2.24, 2.45) is 29.6 Å². The molecule has 3 aromatic carbocycles. The summed E-state index contributed by atoms with van der Waals surface area (Å²) >= 11 is 15.6. The smallest absolute Gasteiger partial charge is 0.305 e. The Kier molecular flexibility index (Phi) is 6.56. The third-order valence-electron chi connectivity index (χ3n) is 9.63. The first-order valence-corrected chi connectivity index (χ1v) is 16.7. The molecule has 2 saturated carbocycles. The van der Waals surface area contributed by atoms with Crippen molar-refractivity contribution < 1.29 is 14.3 Å². The molecule has 6 nitrogen and oxygen atoms in total. The van der Waals surface area contributed by atoms with Crippen molar-refractivity contribution >= 4 is 63.8 Å². The number of anilines is 1. The van der Waals surface area contributed by atoms with E-state index < -0.39 is 0 Å². The van der Waals surface area contributed by atoms with E-state index in [1.54, 1.807) is 11.8 Å². The van der Waals surface area contributed by atoms with E-state index >= 15 is 0 Å². The van der Waals surface area contributed by atoms with Crippen molar-refractivity contribution in [3.8, 4) is 5.75 Å². The standard InChI is InChI=1S/C33H26Cl2N2O4S2/c1-15-2-9-19(10-3-15)37-31(38)26-21-13-22(27(26)32(37)39)28-25(21)24(29-30(42-28)36-33(40)43-29)20-12-18(35)8-11-23(20)41-14-16-4-6-17(34)7-5-16/h2-12,21-22,24-28H,13-14H2,1H3,(H,36,40)/t21-,22-,24?,25?,26?,27?,28?/m1/s1. The first kappa shape index (κ1) is 27.5. The summed E-state index contributed by atoms with van der Waals surface area (Å²) in [7, 11) is 0. The highest BCUT2D eigenvalue weighted by Crippen LogP contribution is 2.69. The molecule has 2 aliphatic carbocycles. The van der Waals surface area contributed by atoms with Gasteiger partial charge in [-0.15, -0.1) is 11.8 Å². The van der Waals surface area contributed by atoms with E-state index in [0.717, 1.165) is 33.0 Å². The summed E-state index contributed by atoms with van der Waals surface area (Å²) in [6.45, 7) is 2.33. The SMILES string of the molecule is Cc1ccc(N2C(=O)C3C(C2=O)[C@@H]2C[C@H]3C3Sc4[nH]c(=O)sc4C(c4cc(Cl)ccc4OCc4ccc(Cl)cc4)C32)cc1. The van der Waals surface area contributed by atoms with Gasteiger partial charge >= 0.3 is 4.87 Å². The molecule has 3 fully saturated rings. The molecule has 218 valence electrons. The van der Waals surface area contributed by atoms with Crippen molar-refractivity contribution in [3.63, 3.8) is 0 Å². The summed E-state index contributed by atoms with van der Waals surface area (Å²) in [5, 5.41) is 2.16. The number of H-pyrrole nitrogens is 1. The Morgan fingerprint density at radius 3 is 2.35 bits per heavy atom. The van der Waals surface area contributed by atoms with Crippen molar-refractivity contribution in [2.75, 3.05) is 4.90 Å². The highest BCUT2D eigenvalue weighted by molar-refractivity contribution is 8.00. The van der Waals surface area contributed by atoms with E-state index in [4.69, 9.17) is 27.9 Å². The molecule has 2 amide bonds. The van der Waals surface area contributed by atoms with Crippen molar-refractivity contribution in [1.82, 2.24) is 4.98 Å². The number of ether oxygens (including phenoxy) is 1. The van der Waals surface area contributed by atoms with Crippen molar-refractivity contribution in [1.29, 1.82) is 0 Å². The van der Waals surface area contributed by atoms with Crippen LogP contribution in [0.4, 0.5) is 5.69 Å². The zero-order valence-electron chi connectivity index (χ0n) is 23.0. The maximum atomic E-state index is 14.0. The lowest BCUT2D eigenvalue weighted by Crippen LogP contribution is -2.42. The number of benzene rings is 3. The number of thioether (sulfide) groups is 1. The van der Waals surface area contributed by atoms with Gasteiger partial charge in [0.05, 0.1) is 22.5 Å². The maximum Gasteiger partial charge on any atom is 0.305 e. The van der Waals surface area contributed by atoms with E-state index in [1.807, 2.05) is 73.7 Å². The Hall–Kier alpha value is -3.04. The van der Waals surface area contributed by atoms with Gasteiger partial charge in [0.25, 0.3) is 0 Å². The average Bonchev–Trinajstić information content (AvgIpc) is 3.73. The quantitative estimate of drug-likeness (QED) is 0.230. The molecule has 4 aromatic rings. The van der Waals surface area contributed by atoms with E-state index in [9.17, 15) is 14.4 Å². The van der Waals surface area contributed by atoms with E-state index in [1.165, 1.54) is 16.2 Å².